The predicted octanol–water partition coefficient (Wildman–Crippen LogP) is 2.61. The van der Waals surface area contributed by atoms with Crippen LogP contribution >= 0.6 is 0 Å². The zero-order valence-corrected chi connectivity index (χ0v) is 9.97. The van der Waals surface area contributed by atoms with Crippen LogP contribution in [0.5, 0.6) is 0 Å². The Kier molecular flexibility index (Phi) is 2.82. The highest BCUT2D eigenvalue weighted by Gasteiger charge is 2.31. The highest BCUT2D eigenvalue weighted by atomic mass is 16.2. The Morgan fingerprint density at radius 2 is 1.72 bits per heavy atom. The number of para-hydroxylation sites is 2. The van der Waals surface area contributed by atoms with E-state index in [4.69, 9.17) is 0 Å². The molecule has 1 heterocycles. The number of benzene rings is 2. The Labute approximate surface area is 106 Å². The maximum absolute atomic E-state index is 11.7. The van der Waals surface area contributed by atoms with Crippen LogP contribution in [0, 0.1) is 0 Å². The summed E-state index contributed by atoms with van der Waals surface area (Å²) in [5, 5.41) is 2.90. The van der Waals surface area contributed by atoms with Crippen LogP contribution in [0.2, 0.25) is 0 Å². The van der Waals surface area contributed by atoms with Crippen molar-refractivity contribution in [2.24, 2.45) is 0 Å². The number of carbonyl (C=O) groups excluding carboxylic acids is 1. The molecule has 1 amide bonds. The van der Waals surface area contributed by atoms with Crippen LogP contribution in [0.15, 0.2) is 54.6 Å². The van der Waals surface area contributed by atoms with Gasteiger partial charge in [-0.3, -0.25) is 4.79 Å². The summed E-state index contributed by atoms with van der Waals surface area (Å²) < 4.78 is 0. The molecule has 0 saturated carbocycles. The van der Waals surface area contributed by atoms with Crippen molar-refractivity contribution in [3.05, 3.63) is 60.2 Å². The molecule has 0 fully saturated rings. The first kappa shape index (κ1) is 11.0. The lowest BCUT2D eigenvalue weighted by molar-refractivity contribution is -0.116. The number of nitrogens with one attached hydrogen (secondary N) is 1. The lowest BCUT2D eigenvalue weighted by Gasteiger charge is -2.19. The highest BCUT2D eigenvalue weighted by molar-refractivity contribution is 5.98. The third-order valence-corrected chi connectivity index (χ3v) is 3.07. The molecule has 3 nitrogen and oxygen atoms in total. The van der Waals surface area contributed by atoms with Crippen LogP contribution < -0.4 is 10.2 Å². The van der Waals surface area contributed by atoms with E-state index in [0.29, 0.717) is 6.54 Å². The van der Waals surface area contributed by atoms with Crippen LogP contribution in [0.25, 0.3) is 0 Å². The average Bonchev–Trinajstić information content (AvgIpc) is 2.40. The van der Waals surface area contributed by atoms with Gasteiger partial charge in [-0.05, 0) is 6.07 Å². The third-order valence-electron chi connectivity index (χ3n) is 3.07. The minimum absolute atomic E-state index is 0.0460. The number of anilines is 2. The second kappa shape index (κ2) is 4.63. The second-order valence-corrected chi connectivity index (χ2v) is 4.41. The number of nitrogens with zero attached hydrogens (tertiary/aromatic N) is 1. The maximum Gasteiger partial charge on any atom is 0.285 e. The van der Waals surface area contributed by atoms with E-state index in [-0.39, 0.29) is 5.91 Å². The molecule has 1 radical (unpaired) electrons. The normalized spacial score (nSPS) is 15.0. The molecular weight excluding hydrogens is 224 g/mol. The molecule has 18 heavy (non-hydrogen) atoms. The molecule has 89 valence electrons. The van der Waals surface area contributed by atoms with E-state index in [2.05, 4.69) is 22.3 Å². The van der Waals surface area contributed by atoms with Gasteiger partial charge in [-0.2, -0.15) is 0 Å². The summed E-state index contributed by atoms with van der Waals surface area (Å²) >= 11 is 0. The van der Waals surface area contributed by atoms with E-state index in [1.165, 1.54) is 5.56 Å². The Bertz CT molecular complexity index is 566. The lowest BCUT2D eigenvalue weighted by atomic mass is 10.1. The van der Waals surface area contributed by atoms with Crippen molar-refractivity contribution in [3.8, 4) is 0 Å². The van der Waals surface area contributed by atoms with Crippen LogP contribution in [0.3, 0.4) is 0 Å². The fourth-order valence-corrected chi connectivity index (χ4v) is 2.25. The van der Waals surface area contributed by atoms with E-state index in [9.17, 15) is 4.79 Å². The van der Waals surface area contributed by atoms with Crippen molar-refractivity contribution in [2.75, 3.05) is 11.9 Å². The van der Waals surface area contributed by atoms with E-state index in [0.717, 1.165) is 17.9 Å². The Morgan fingerprint density at radius 1 is 1.00 bits per heavy atom. The third kappa shape index (κ3) is 2.13. The number of hydrogen-bond donors (Lipinski definition) is 1. The first-order valence-corrected chi connectivity index (χ1v) is 6.01. The van der Waals surface area contributed by atoms with Crippen molar-refractivity contribution >= 4 is 17.3 Å². The van der Waals surface area contributed by atoms with Gasteiger partial charge in [0.15, 0.2) is 6.54 Å². The summed E-state index contributed by atoms with van der Waals surface area (Å²) in [4.78, 5) is 13.8. The quantitative estimate of drug-likeness (QED) is 0.802. The zero-order valence-electron chi connectivity index (χ0n) is 9.97. The molecule has 0 unspecified atom stereocenters. The molecule has 1 N–H and O–H groups in total. The summed E-state index contributed by atoms with van der Waals surface area (Å²) in [6, 6.07) is 18.1. The van der Waals surface area contributed by atoms with Gasteiger partial charge in [0.25, 0.3) is 5.91 Å². The van der Waals surface area contributed by atoms with E-state index in [1.807, 2.05) is 42.5 Å². The monoisotopic (exact) mass is 238 g/mol. The van der Waals surface area contributed by atoms with Gasteiger partial charge in [0.1, 0.15) is 5.69 Å². The molecule has 2 aromatic carbocycles. The molecule has 2 aromatic rings. The van der Waals surface area contributed by atoms with Gasteiger partial charge in [0.2, 0.25) is 12.2 Å². The molecule has 0 saturated heterocycles. The average molecular weight is 238 g/mol. The lowest BCUT2D eigenvalue weighted by Crippen LogP contribution is -2.38. The van der Waals surface area contributed by atoms with E-state index in [1.54, 1.807) is 0 Å². The second-order valence-electron chi connectivity index (χ2n) is 4.41. The number of hydrogen-bond acceptors (Lipinski definition) is 2. The first-order valence-electron chi connectivity index (χ1n) is 6.01. The van der Waals surface area contributed by atoms with Gasteiger partial charge in [0.05, 0.1) is 0 Å². The zero-order chi connectivity index (χ0) is 12.4. The van der Waals surface area contributed by atoms with Gasteiger partial charge in [-0.15, -0.1) is 4.90 Å². The topological polar surface area (TPSA) is 35.0 Å². The van der Waals surface area contributed by atoms with Crippen LogP contribution in [0.4, 0.5) is 11.4 Å². The van der Waals surface area contributed by atoms with Gasteiger partial charge in [0, 0.05) is 11.6 Å². The number of amides is 1. The standard InChI is InChI=1S/C15H14N2O/c18-15-11-17(10-12-6-2-1-3-7-12)14-9-5-4-8-13(14)16-15/h1-9H,10-11H2,(H,16,18)/q+1. The van der Waals surface area contributed by atoms with Crippen LogP contribution in [0.1, 0.15) is 5.56 Å². The van der Waals surface area contributed by atoms with Gasteiger partial charge in [-0.1, -0.05) is 42.5 Å². The fourth-order valence-electron chi connectivity index (χ4n) is 2.25. The molecule has 0 aliphatic carbocycles. The number of carbonyl (C=O) groups is 1. The van der Waals surface area contributed by atoms with Crippen molar-refractivity contribution in [3.63, 3.8) is 0 Å². The van der Waals surface area contributed by atoms with Gasteiger partial charge >= 0.3 is 0 Å². The highest BCUT2D eigenvalue weighted by Crippen LogP contribution is 2.29. The molecular formula is C15H14N2O+. The molecule has 0 atom stereocenters. The van der Waals surface area contributed by atoms with Crippen molar-refractivity contribution in [1.82, 2.24) is 4.90 Å². The van der Waals surface area contributed by atoms with Crippen LogP contribution in [-0.4, -0.2) is 12.5 Å². The number of fused-ring (bicyclic) bond motifs is 1. The summed E-state index contributed by atoms with van der Waals surface area (Å²) in [6.07, 6.45) is 0. The van der Waals surface area contributed by atoms with Gasteiger partial charge < -0.3 is 5.32 Å². The Balaban J connectivity index is 1.91. The Morgan fingerprint density at radius 3 is 2.56 bits per heavy atom. The summed E-state index contributed by atoms with van der Waals surface area (Å²) in [7, 11) is 0. The molecule has 1 aliphatic heterocycles. The maximum atomic E-state index is 11.7. The molecule has 0 spiro atoms. The molecule has 1 aliphatic rings. The molecule has 0 bridgehead atoms. The smallest absolute Gasteiger partial charge is 0.285 e. The first-order chi connectivity index (χ1) is 8.83. The van der Waals surface area contributed by atoms with Crippen molar-refractivity contribution < 1.29 is 4.79 Å². The van der Waals surface area contributed by atoms with Crippen molar-refractivity contribution in [2.45, 2.75) is 6.54 Å². The minimum atomic E-state index is 0.0460. The SMILES string of the molecule is O=C1C[N+](Cc2ccccc2)c2ccccc2N1. The van der Waals surface area contributed by atoms with Crippen LogP contribution in [-0.2, 0) is 11.3 Å². The largest absolute Gasteiger partial charge is 0.316 e. The summed E-state index contributed by atoms with van der Waals surface area (Å²) in [5.74, 6) is 0.0460. The summed E-state index contributed by atoms with van der Waals surface area (Å²) in [5.41, 5.74) is 3.19. The fraction of sp³-hybridized carbons (Fsp3) is 0.133. The molecule has 3 rings (SSSR count). The van der Waals surface area contributed by atoms with Gasteiger partial charge in [-0.25, -0.2) is 0 Å². The Hall–Kier alpha value is -2.13. The van der Waals surface area contributed by atoms with E-state index >= 15 is 0 Å². The summed E-state index contributed by atoms with van der Waals surface area (Å²) in [6.45, 7) is 1.16. The van der Waals surface area contributed by atoms with Crippen molar-refractivity contribution in [1.29, 1.82) is 0 Å². The minimum Gasteiger partial charge on any atom is -0.316 e. The van der Waals surface area contributed by atoms with E-state index < -0.39 is 0 Å². The number of rotatable bonds is 2. The molecule has 0 aromatic heterocycles. The molecule has 3 heteroatoms. The predicted molar refractivity (Wildman–Crippen MR) is 71.9 cm³/mol.